The van der Waals surface area contributed by atoms with Gasteiger partial charge in [0.2, 0.25) is 0 Å². The molecule has 0 aromatic rings. The van der Waals surface area contributed by atoms with E-state index in [1.807, 2.05) is 0 Å². The fraction of sp³-hybridized carbons (Fsp3) is 1.00. The van der Waals surface area contributed by atoms with Crippen LogP contribution in [0.15, 0.2) is 0 Å². The lowest BCUT2D eigenvalue weighted by atomic mass is 9.45. The first-order chi connectivity index (χ1) is 10.8. The summed E-state index contributed by atoms with van der Waals surface area (Å²) in [4.78, 5) is 0. The van der Waals surface area contributed by atoms with Crippen molar-refractivity contribution in [3.8, 4) is 0 Å². The number of rotatable bonds is 2. The molecule has 3 aliphatic carbocycles. The fourth-order valence-electron chi connectivity index (χ4n) is 7.06. The van der Waals surface area contributed by atoms with Crippen LogP contribution in [0.4, 0.5) is 0 Å². The summed E-state index contributed by atoms with van der Waals surface area (Å²) >= 11 is 0. The van der Waals surface area contributed by atoms with Crippen LogP contribution in [-0.2, 0) is 0 Å². The molecule has 3 fully saturated rings. The Bertz CT molecular complexity index is 370. The van der Waals surface area contributed by atoms with Crippen molar-refractivity contribution in [1.82, 2.24) is 0 Å². The van der Waals surface area contributed by atoms with Gasteiger partial charge in [-0.15, -0.1) is 0 Å². The molecule has 4 N–H and O–H groups in total. The summed E-state index contributed by atoms with van der Waals surface area (Å²) in [7, 11) is 0. The first-order valence-corrected chi connectivity index (χ1v) is 10.4. The molecule has 0 bridgehead atoms. The van der Waals surface area contributed by atoms with Gasteiger partial charge in [-0.25, -0.2) is 0 Å². The maximum Gasteiger partial charge on any atom is 0.0647 e. The van der Waals surface area contributed by atoms with Crippen LogP contribution in [0.25, 0.3) is 0 Å². The molecule has 0 heterocycles. The van der Waals surface area contributed by atoms with Crippen LogP contribution < -0.4 is 11.5 Å². The molecule has 0 aromatic carbocycles. The molecular formula is C21H40N2. The Hall–Kier alpha value is -0.0800. The third-order valence-corrected chi connectivity index (χ3v) is 8.47. The van der Waals surface area contributed by atoms with Gasteiger partial charge < -0.3 is 11.5 Å². The molecule has 2 atom stereocenters. The largest absolute Gasteiger partial charge is 0.313 e. The van der Waals surface area contributed by atoms with Gasteiger partial charge in [0.05, 0.1) is 5.66 Å². The predicted molar refractivity (Wildman–Crippen MR) is 98.9 cm³/mol. The molecule has 3 saturated carbocycles. The van der Waals surface area contributed by atoms with E-state index < -0.39 is 5.66 Å². The standard InChI is InChI=1S/C21H40N2/c1-16-19(2,17-10-6-4-7-11-17)14-21(22,23)15-20(16,3)18-12-8-5-9-13-18/h16-18H,4-15,22-23H2,1-3H3. The summed E-state index contributed by atoms with van der Waals surface area (Å²) in [5, 5.41) is 0. The monoisotopic (exact) mass is 320 g/mol. The molecule has 0 aliphatic heterocycles. The maximum absolute atomic E-state index is 6.68. The van der Waals surface area contributed by atoms with Crippen molar-refractivity contribution < 1.29 is 0 Å². The van der Waals surface area contributed by atoms with Crippen LogP contribution >= 0.6 is 0 Å². The number of hydrogen-bond donors (Lipinski definition) is 2. The van der Waals surface area contributed by atoms with Gasteiger partial charge in [-0.1, -0.05) is 59.3 Å². The van der Waals surface area contributed by atoms with Gasteiger partial charge in [-0.2, -0.15) is 0 Å². The first-order valence-electron chi connectivity index (χ1n) is 10.4. The highest BCUT2D eigenvalue weighted by atomic mass is 15.0. The van der Waals surface area contributed by atoms with Crippen LogP contribution in [0.2, 0.25) is 0 Å². The van der Waals surface area contributed by atoms with E-state index >= 15 is 0 Å². The van der Waals surface area contributed by atoms with Gasteiger partial charge in [0, 0.05) is 0 Å². The zero-order chi connectivity index (χ0) is 16.7. The minimum Gasteiger partial charge on any atom is -0.313 e. The molecule has 0 radical (unpaired) electrons. The molecule has 0 saturated heterocycles. The van der Waals surface area contributed by atoms with E-state index in [-0.39, 0.29) is 0 Å². The van der Waals surface area contributed by atoms with Crippen molar-refractivity contribution >= 4 is 0 Å². The van der Waals surface area contributed by atoms with Crippen molar-refractivity contribution in [2.24, 2.45) is 40.1 Å². The Kier molecular flexibility index (Phi) is 4.88. The average molecular weight is 321 g/mol. The van der Waals surface area contributed by atoms with Crippen molar-refractivity contribution in [2.45, 2.75) is 103 Å². The molecule has 0 amide bonds. The third-order valence-electron chi connectivity index (χ3n) is 8.47. The molecule has 3 rings (SSSR count). The van der Waals surface area contributed by atoms with E-state index in [9.17, 15) is 0 Å². The maximum atomic E-state index is 6.68. The van der Waals surface area contributed by atoms with Crippen LogP contribution in [0.1, 0.15) is 97.8 Å². The summed E-state index contributed by atoms with van der Waals surface area (Å²) in [6, 6.07) is 0. The second-order valence-corrected chi connectivity index (χ2v) is 9.99. The Morgan fingerprint density at radius 3 is 1.35 bits per heavy atom. The minimum atomic E-state index is -0.467. The van der Waals surface area contributed by atoms with Crippen molar-refractivity contribution in [3.05, 3.63) is 0 Å². The first kappa shape index (κ1) is 17.7. The van der Waals surface area contributed by atoms with Gasteiger partial charge in [-0.05, 0) is 67.1 Å². The van der Waals surface area contributed by atoms with Crippen LogP contribution in [-0.4, -0.2) is 5.66 Å². The average Bonchev–Trinajstić information content (AvgIpc) is 2.53. The summed E-state index contributed by atoms with van der Waals surface area (Å²) in [5.74, 6) is 2.41. The highest BCUT2D eigenvalue weighted by molar-refractivity contribution is 5.08. The summed E-state index contributed by atoms with van der Waals surface area (Å²) in [6.07, 6.45) is 16.1. The van der Waals surface area contributed by atoms with Crippen LogP contribution in [0.3, 0.4) is 0 Å². The highest BCUT2D eigenvalue weighted by Crippen LogP contribution is 2.62. The van der Waals surface area contributed by atoms with Gasteiger partial charge in [0.1, 0.15) is 0 Å². The number of hydrogen-bond acceptors (Lipinski definition) is 2. The minimum absolute atomic E-state index is 0.328. The molecule has 2 nitrogen and oxygen atoms in total. The van der Waals surface area contributed by atoms with E-state index in [4.69, 9.17) is 11.5 Å². The summed E-state index contributed by atoms with van der Waals surface area (Å²) < 4.78 is 0. The second kappa shape index (κ2) is 6.33. The van der Waals surface area contributed by atoms with Crippen LogP contribution in [0, 0.1) is 28.6 Å². The molecular weight excluding hydrogens is 280 g/mol. The molecule has 0 aromatic heterocycles. The normalized spacial score (nSPS) is 43.4. The fourth-order valence-corrected chi connectivity index (χ4v) is 7.06. The van der Waals surface area contributed by atoms with Gasteiger partial charge in [0.25, 0.3) is 0 Å². The summed E-state index contributed by atoms with van der Waals surface area (Å²) in [5.41, 5.74) is 13.6. The van der Waals surface area contributed by atoms with Crippen LogP contribution in [0.5, 0.6) is 0 Å². The Labute approximate surface area is 144 Å². The smallest absolute Gasteiger partial charge is 0.0647 e. The van der Waals surface area contributed by atoms with E-state index in [1.165, 1.54) is 64.2 Å². The zero-order valence-electron chi connectivity index (χ0n) is 15.9. The predicted octanol–water partition coefficient (Wildman–Crippen LogP) is 5.20. The second-order valence-electron chi connectivity index (χ2n) is 9.99. The lowest BCUT2D eigenvalue weighted by Crippen LogP contribution is -2.65. The Balaban J connectivity index is 1.90. The van der Waals surface area contributed by atoms with E-state index in [0.717, 1.165) is 30.6 Å². The molecule has 3 aliphatic rings. The molecule has 2 heteroatoms. The van der Waals surface area contributed by atoms with Gasteiger partial charge in [0.15, 0.2) is 0 Å². The van der Waals surface area contributed by atoms with Gasteiger partial charge in [-0.3, -0.25) is 0 Å². The quantitative estimate of drug-likeness (QED) is 0.687. The SMILES string of the molecule is CC1C(C)(C2CCCCC2)CC(N)(N)CC1(C)C1CCCCC1. The molecule has 23 heavy (non-hydrogen) atoms. The molecule has 2 unspecified atom stereocenters. The van der Waals surface area contributed by atoms with E-state index in [2.05, 4.69) is 20.8 Å². The van der Waals surface area contributed by atoms with Crippen molar-refractivity contribution in [1.29, 1.82) is 0 Å². The number of nitrogens with two attached hydrogens (primary N) is 2. The Morgan fingerprint density at radius 1 is 0.652 bits per heavy atom. The topological polar surface area (TPSA) is 52.0 Å². The highest BCUT2D eigenvalue weighted by Gasteiger charge is 2.57. The zero-order valence-corrected chi connectivity index (χ0v) is 15.9. The molecule has 134 valence electrons. The summed E-state index contributed by atoms with van der Waals surface area (Å²) in [6.45, 7) is 7.64. The van der Waals surface area contributed by atoms with E-state index in [0.29, 0.717) is 10.8 Å². The molecule has 0 spiro atoms. The van der Waals surface area contributed by atoms with Crippen molar-refractivity contribution in [2.75, 3.05) is 0 Å². The van der Waals surface area contributed by atoms with Gasteiger partial charge >= 0.3 is 0 Å². The third kappa shape index (κ3) is 3.23. The Morgan fingerprint density at radius 2 is 1.00 bits per heavy atom. The van der Waals surface area contributed by atoms with E-state index in [1.54, 1.807) is 0 Å². The lowest BCUT2D eigenvalue weighted by molar-refractivity contribution is -0.115. The van der Waals surface area contributed by atoms with Crippen molar-refractivity contribution in [3.63, 3.8) is 0 Å². The lowest BCUT2D eigenvalue weighted by Gasteiger charge is -2.62.